The first-order chi connectivity index (χ1) is 25.9. The Bertz CT molecular complexity index is 2010. The molecule has 2 fully saturated rings. The van der Waals surface area contributed by atoms with Crippen LogP contribution >= 0.6 is 24.0 Å². The molecule has 5 rings (SSSR count). The predicted molar refractivity (Wildman–Crippen MR) is 198 cm³/mol. The molecule has 2 aliphatic heterocycles. The van der Waals surface area contributed by atoms with E-state index in [1.54, 1.807) is 0 Å². The van der Waals surface area contributed by atoms with Gasteiger partial charge in [-0.2, -0.15) is 26.3 Å². The number of alkyl halides is 6. The van der Waals surface area contributed by atoms with Crippen molar-refractivity contribution >= 4 is 62.0 Å². The molecule has 0 unspecified atom stereocenters. The lowest BCUT2D eigenvalue weighted by atomic mass is 9.97. The van der Waals surface area contributed by atoms with Crippen LogP contribution in [0.4, 0.5) is 32.0 Å². The largest absolute Gasteiger partial charge is 0.492 e. The summed E-state index contributed by atoms with van der Waals surface area (Å²) >= 11 is 6.29. The maximum absolute atomic E-state index is 13.7. The lowest BCUT2D eigenvalue weighted by Gasteiger charge is -2.26. The third-order valence-corrected chi connectivity index (χ3v) is 11.0. The molecule has 0 saturated carbocycles. The number of carbonyl (C=O) groups is 2. The number of carbonyl (C=O) groups excluding carboxylic acids is 1. The molecular formula is C35H34F6N4O7S3. The summed E-state index contributed by atoms with van der Waals surface area (Å²) in [6, 6.07) is 10.6. The number of sulfonamides is 1. The fourth-order valence-corrected chi connectivity index (χ4v) is 7.86. The molecule has 0 aliphatic carbocycles. The minimum absolute atomic E-state index is 0.000527. The summed E-state index contributed by atoms with van der Waals surface area (Å²) in [4.78, 5) is 26.6. The minimum atomic E-state index is -5.05. The van der Waals surface area contributed by atoms with E-state index in [1.165, 1.54) is 48.5 Å². The molecule has 2 heterocycles. The molecule has 0 aromatic heterocycles. The molecule has 55 heavy (non-hydrogen) atoms. The molecule has 2 saturated heterocycles. The van der Waals surface area contributed by atoms with Gasteiger partial charge in [-0.15, -0.1) is 0 Å². The number of benzene rings is 3. The van der Waals surface area contributed by atoms with Gasteiger partial charge in [0.15, 0.2) is 4.32 Å². The number of rotatable bonds is 15. The number of ether oxygens (including phenoxy) is 2. The number of morpholine rings is 1. The number of carboxylic acid groups (broad SMARTS) is 1. The van der Waals surface area contributed by atoms with Gasteiger partial charge >= 0.3 is 18.3 Å². The molecule has 2 aliphatic rings. The Morgan fingerprint density at radius 3 is 2.22 bits per heavy atom. The lowest BCUT2D eigenvalue weighted by Crippen LogP contribution is -2.41. The second-order valence-electron chi connectivity index (χ2n) is 12.3. The SMILES string of the molecule is O=C(O)c1ccc(NS(=O)(=O)CCCCNN2C(=O)/C(=C/c3cc(-c4cc(C(F)(F)F)cc(C(F)(F)F)c4)ccc3OCCN3CCOCC3)SC2=S)cc1. The molecule has 20 heteroatoms. The van der Waals surface area contributed by atoms with E-state index in [0.29, 0.717) is 51.4 Å². The van der Waals surface area contributed by atoms with E-state index in [2.05, 4.69) is 15.0 Å². The Balaban J connectivity index is 1.29. The van der Waals surface area contributed by atoms with Crippen molar-refractivity contribution in [1.82, 2.24) is 15.3 Å². The normalized spacial score (nSPS) is 16.5. The van der Waals surface area contributed by atoms with Gasteiger partial charge in [-0.3, -0.25) is 14.4 Å². The van der Waals surface area contributed by atoms with Gasteiger partial charge < -0.3 is 14.6 Å². The fourth-order valence-electron chi connectivity index (χ4n) is 5.47. The van der Waals surface area contributed by atoms with Crippen LogP contribution in [-0.4, -0.2) is 91.4 Å². The highest BCUT2D eigenvalue weighted by Crippen LogP contribution is 2.40. The zero-order valence-electron chi connectivity index (χ0n) is 28.7. The highest BCUT2D eigenvalue weighted by molar-refractivity contribution is 8.26. The number of unbranched alkanes of at least 4 members (excludes halogenated alkanes) is 1. The van der Waals surface area contributed by atoms with Crippen LogP contribution < -0.4 is 14.9 Å². The van der Waals surface area contributed by atoms with Crippen molar-refractivity contribution in [2.75, 3.05) is 56.5 Å². The van der Waals surface area contributed by atoms with E-state index >= 15 is 0 Å². The summed E-state index contributed by atoms with van der Waals surface area (Å²) in [6.07, 6.45) is -8.22. The average Bonchev–Trinajstić information content (AvgIpc) is 3.38. The van der Waals surface area contributed by atoms with Crippen molar-refractivity contribution in [3.8, 4) is 16.9 Å². The predicted octanol–water partition coefficient (Wildman–Crippen LogP) is 6.73. The van der Waals surface area contributed by atoms with Crippen LogP contribution in [-0.2, 0) is 31.9 Å². The second kappa shape index (κ2) is 17.7. The number of hydrogen-bond donors (Lipinski definition) is 3. The lowest BCUT2D eigenvalue weighted by molar-refractivity contribution is -0.143. The van der Waals surface area contributed by atoms with E-state index in [4.69, 9.17) is 26.8 Å². The van der Waals surface area contributed by atoms with E-state index in [-0.39, 0.29) is 74.3 Å². The first kappa shape index (κ1) is 41.9. The number of anilines is 1. The zero-order chi connectivity index (χ0) is 40.0. The Kier molecular flexibility index (Phi) is 13.5. The quantitative estimate of drug-likeness (QED) is 0.0651. The van der Waals surface area contributed by atoms with Crippen LogP contribution in [0.1, 0.15) is 39.9 Å². The van der Waals surface area contributed by atoms with Gasteiger partial charge in [0.2, 0.25) is 10.0 Å². The Hall–Kier alpha value is -4.21. The van der Waals surface area contributed by atoms with Crippen molar-refractivity contribution in [2.24, 2.45) is 0 Å². The standard InChI is InChI=1S/C35H34F6N4O7S3/c36-34(37,38)26-18-24(19-27(21-26)35(39,40)41)23-5-8-29(52-15-12-44-10-13-51-14-11-44)25(17-23)20-30-31(46)45(33(53)54-30)42-9-1-2-16-55(49,50)43-28-6-3-22(4-7-28)32(47)48/h3-8,17-21,42-43H,1-2,9-16H2,(H,47,48)/b30-20-. The van der Waals surface area contributed by atoms with Crippen molar-refractivity contribution < 1.29 is 58.9 Å². The minimum Gasteiger partial charge on any atom is -0.492 e. The Labute approximate surface area is 321 Å². The van der Waals surface area contributed by atoms with Gasteiger partial charge in [0, 0.05) is 37.4 Å². The van der Waals surface area contributed by atoms with Crippen molar-refractivity contribution in [3.05, 3.63) is 87.8 Å². The smallest absolute Gasteiger partial charge is 0.416 e. The molecule has 0 bridgehead atoms. The molecule has 3 aromatic rings. The van der Waals surface area contributed by atoms with Crippen LogP contribution in [0.15, 0.2) is 65.6 Å². The topological polar surface area (TPSA) is 138 Å². The number of amides is 1. The highest BCUT2D eigenvalue weighted by Gasteiger charge is 2.37. The Morgan fingerprint density at radius 2 is 1.60 bits per heavy atom. The summed E-state index contributed by atoms with van der Waals surface area (Å²) in [6.45, 7) is 3.30. The number of nitrogens with zero attached hydrogens (tertiary/aromatic N) is 2. The third kappa shape index (κ3) is 11.7. The first-order valence-electron chi connectivity index (χ1n) is 16.6. The van der Waals surface area contributed by atoms with Gasteiger partial charge in [0.05, 0.1) is 40.6 Å². The van der Waals surface area contributed by atoms with E-state index in [0.717, 1.165) is 16.8 Å². The third-order valence-electron chi connectivity index (χ3n) is 8.29. The zero-order valence-corrected chi connectivity index (χ0v) is 31.2. The van der Waals surface area contributed by atoms with E-state index < -0.39 is 45.4 Å². The monoisotopic (exact) mass is 832 g/mol. The number of aromatic carboxylic acids is 1. The van der Waals surface area contributed by atoms with Gasteiger partial charge in [-0.1, -0.05) is 30.0 Å². The number of hydrazine groups is 1. The van der Waals surface area contributed by atoms with Gasteiger partial charge in [-0.25, -0.2) is 23.6 Å². The Morgan fingerprint density at radius 1 is 0.945 bits per heavy atom. The molecule has 3 N–H and O–H groups in total. The highest BCUT2D eigenvalue weighted by atomic mass is 32.2. The summed E-state index contributed by atoms with van der Waals surface area (Å²) in [5.41, 5.74) is -0.0133. The fraction of sp³-hybridized carbons (Fsp3) is 0.343. The summed E-state index contributed by atoms with van der Waals surface area (Å²) < 4.78 is 121. The van der Waals surface area contributed by atoms with Gasteiger partial charge in [0.25, 0.3) is 5.91 Å². The molecule has 11 nitrogen and oxygen atoms in total. The van der Waals surface area contributed by atoms with Crippen LogP contribution in [0, 0.1) is 0 Å². The molecule has 296 valence electrons. The number of thioether (sulfide) groups is 1. The van der Waals surface area contributed by atoms with Crippen LogP contribution in [0.2, 0.25) is 0 Å². The van der Waals surface area contributed by atoms with Gasteiger partial charge in [0.1, 0.15) is 12.4 Å². The first-order valence-corrected chi connectivity index (χ1v) is 19.5. The second-order valence-corrected chi connectivity index (χ2v) is 15.8. The number of carboxylic acids is 1. The van der Waals surface area contributed by atoms with Crippen molar-refractivity contribution in [2.45, 2.75) is 25.2 Å². The number of thiocarbonyl (C=S) groups is 1. The van der Waals surface area contributed by atoms with Crippen LogP contribution in [0.5, 0.6) is 5.75 Å². The molecule has 0 spiro atoms. The summed E-state index contributed by atoms with van der Waals surface area (Å²) in [5, 5.41) is 10.1. The number of halogens is 6. The maximum Gasteiger partial charge on any atom is 0.416 e. The van der Waals surface area contributed by atoms with Gasteiger partial charge in [-0.05, 0) is 84.6 Å². The molecule has 0 radical (unpaired) electrons. The molecular weight excluding hydrogens is 799 g/mol. The molecule has 1 amide bonds. The molecule has 0 atom stereocenters. The molecule has 3 aromatic carbocycles. The average molecular weight is 833 g/mol. The van der Waals surface area contributed by atoms with Crippen molar-refractivity contribution in [1.29, 1.82) is 0 Å². The van der Waals surface area contributed by atoms with Crippen LogP contribution in [0.3, 0.4) is 0 Å². The van der Waals surface area contributed by atoms with E-state index in [1.807, 2.05) is 0 Å². The summed E-state index contributed by atoms with van der Waals surface area (Å²) in [7, 11) is -3.77. The summed E-state index contributed by atoms with van der Waals surface area (Å²) in [5.74, 6) is -1.78. The number of hydrogen-bond acceptors (Lipinski definition) is 10. The number of nitrogens with one attached hydrogen (secondary N) is 2. The van der Waals surface area contributed by atoms with Crippen LogP contribution in [0.25, 0.3) is 17.2 Å². The maximum atomic E-state index is 13.7. The van der Waals surface area contributed by atoms with E-state index in [9.17, 15) is 44.3 Å². The van der Waals surface area contributed by atoms with Crippen molar-refractivity contribution in [3.63, 3.8) is 0 Å².